The topological polar surface area (TPSA) is 77.7 Å². The average Bonchev–Trinajstić information content (AvgIpc) is 3.26. The van der Waals surface area contributed by atoms with Crippen molar-refractivity contribution in [3.8, 4) is 0 Å². The summed E-state index contributed by atoms with van der Waals surface area (Å²) in [6.07, 6.45) is 2.78. The average molecular weight is 256 g/mol. The third-order valence-corrected chi connectivity index (χ3v) is 3.51. The zero-order chi connectivity index (χ0) is 12.5. The van der Waals surface area contributed by atoms with E-state index in [4.69, 9.17) is 18.9 Å². The number of carbonyl (C=O) groups is 2. The van der Waals surface area contributed by atoms with Gasteiger partial charge in [0.15, 0.2) is 6.10 Å². The van der Waals surface area contributed by atoms with Crippen molar-refractivity contribution in [2.75, 3.05) is 19.8 Å². The Morgan fingerprint density at radius 2 is 1.78 bits per heavy atom. The van der Waals surface area contributed by atoms with Crippen molar-refractivity contribution in [3.05, 3.63) is 0 Å². The summed E-state index contributed by atoms with van der Waals surface area (Å²) in [5.41, 5.74) is 0. The van der Waals surface area contributed by atoms with Crippen molar-refractivity contribution >= 4 is 11.9 Å². The van der Waals surface area contributed by atoms with Gasteiger partial charge in [0.1, 0.15) is 13.2 Å². The Morgan fingerprint density at radius 3 is 2.44 bits per heavy atom. The number of hydrogen-bond acceptors (Lipinski definition) is 6. The molecule has 6 nitrogen and oxygen atoms in total. The van der Waals surface area contributed by atoms with Crippen LogP contribution < -0.4 is 0 Å². The highest BCUT2D eigenvalue weighted by molar-refractivity contribution is 5.77. The van der Waals surface area contributed by atoms with Crippen LogP contribution >= 0.6 is 0 Å². The lowest BCUT2D eigenvalue weighted by Gasteiger charge is -2.17. The van der Waals surface area contributed by atoms with Crippen LogP contribution in [0.5, 0.6) is 0 Å². The number of hydrogen-bond donors (Lipinski definition) is 0. The fourth-order valence-electron chi connectivity index (χ4n) is 2.30. The molecule has 3 fully saturated rings. The predicted molar refractivity (Wildman–Crippen MR) is 57.7 cm³/mol. The molecule has 0 N–H and O–H groups in total. The first-order valence-corrected chi connectivity index (χ1v) is 6.34. The Balaban J connectivity index is 1.30. The normalized spacial score (nSPS) is 36.4. The number of carbonyl (C=O) groups excluding carboxylic acids is 2. The first-order chi connectivity index (χ1) is 8.74. The van der Waals surface area contributed by atoms with Crippen LogP contribution in [0.2, 0.25) is 0 Å². The number of rotatable bonds is 5. The van der Waals surface area contributed by atoms with Crippen LogP contribution in [0.3, 0.4) is 0 Å². The zero-order valence-corrected chi connectivity index (χ0v) is 10.0. The largest absolute Gasteiger partial charge is 0.462 e. The minimum absolute atomic E-state index is 0.0591. The van der Waals surface area contributed by atoms with Crippen molar-refractivity contribution in [1.29, 1.82) is 0 Å². The third kappa shape index (κ3) is 2.81. The molecule has 2 heterocycles. The van der Waals surface area contributed by atoms with E-state index in [9.17, 15) is 9.59 Å². The van der Waals surface area contributed by atoms with Crippen LogP contribution in [0.4, 0.5) is 0 Å². The van der Waals surface area contributed by atoms with Crippen molar-refractivity contribution < 1.29 is 28.5 Å². The monoisotopic (exact) mass is 256 g/mol. The van der Waals surface area contributed by atoms with E-state index in [2.05, 4.69) is 0 Å². The minimum Gasteiger partial charge on any atom is -0.462 e. The Labute approximate surface area is 105 Å². The molecule has 2 saturated heterocycles. The van der Waals surface area contributed by atoms with Gasteiger partial charge in [-0.3, -0.25) is 4.79 Å². The van der Waals surface area contributed by atoms with Crippen LogP contribution in [-0.2, 0) is 28.5 Å². The summed E-state index contributed by atoms with van der Waals surface area (Å²) in [7, 11) is 0. The van der Waals surface area contributed by atoms with Gasteiger partial charge in [0, 0.05) is 0 Å². The number of epoxide rings is 2. The summed E-state index contributed by atoms with van der Waals surface area (Å²) in [5, 5.41) is 0. The molecule has 100 valence electrons. The summed E-state index contributed by atoms with van der Waals surface area (Å²) in [6, 6.07) is 0. The fourth-order valence-corrected chi connectivity index (χ4v) is 2.30. The second kappa shape index (κ2) is 4.85. The quantitative estimate of drug-likeness (QED) is 0.392. The molecule has 4 unspecified atom stereocenters. The van der Waals surface area contributed by atoms with Gasteiger partial charge in [-0.05, 0) is 19.3 Å². The maximum Gasteiger partial charge on any atom is 0.337 e. The molecule has 0 aromatic heterocycles. The predicted octanol–water partition coefficient (Wildman–Crippen LogP) is 0.0391. The van der Waals surface area contributed by atoms with Gasteiger partial charge in [0.2, 0.25) is 0 Å². The summed E-state index contributed by atoms with van der Waals surface area (Å²) >= 11 is 0. The van der Waals surface area contributed by atoms with Crippen LogP contribution in [0.25, 0.3) is 0 Å². The van der Waals surface area contributed by atoms with Crippen molar-refractivity contribution in [3.63, 3.8) is 0 Å². The molecule has 18 heavy (non-hydrogen) atoms. The van der Waals surface area contributed by atoms with E-state index in [1.165, 1.54) is 0 Å². The van der Waals surface area contributed by atoms with Gasteiger partial charge in [-0.1, -0.05) is 0 Å². The summed E-state index contributed by atoms with van der Waals surface area (Å²) < 4.78 is 20.1. The smallest absolute Gasteiger partial charge is 0.337 e. The van der Waals surface area contributed by atoms with Crippen molar-refractivity contribution in [2.24, 2.45) is 5.92 Å². The lowest BCUT2D eigenvalue weighted by molar-refractivity contribution is -0.156. The first-order valence-electron chi connectivity index (χ1n) is 6.34. The molecule has 6 heteroatoms. The van der Waals surface area contributed by atoms with E-state index in [0.29, 0.717) is 12.7 Å². The summed E-state index contributed by atoms with van der Waals surface area (Å²) in [5.74, 6) is -0.642. The maximum atomic E-state index is 11.7. The molecule has 2 aliphatic heterocycles. The lowest BCUT2D eigenvalue weighted by atomic mass is 9.89. The van der Waals surface area contributed by atoms with E-state index in [1.54, 1.807) is 0 Å². The van der Waals surface area contributed by atoms with Gasteiger partial charge in [-0.15, -0.1) is 0 Å². The summed E-state index contributed by atoms with van der Waals surface area (Å²) in [6.45, 7) is 0.645. The van der Waals surface area contributed by atoms with Gasteiger partial charge in [-0.25, -0.2) is 4.79 Å². The highest BCUT2D eigenvalue weighted by atomic mass is 16.6. The van der Waals surface area contributed by atoms with E-state index in [1.807, 2.05) is 0 Å². The lowest BCUT2D eigenvalue weighted by Crippen LogP contribution is -2.25. The molecule has 0 amide bonds. The zero-order valence-electron chi connectivity index (χ0n) is 10.0. The Bertz CT molecular complexity index is 350. The Morgan fingerprint density at radius 1 is 1.06 bits per heavy atom. The Kier molecular flexibility index (Phi) is 3.22. The van der Waals surface area contributed by atoms with Gasteiger partial charge in [-0.2, -0.15) is 0 Å². The van der Waals surface area contributed by atoms with Gasteiger partial charge in [0.05, 0.1) is 24.7 Å². The Hall–Kier alpha value is -1.14. The fraction of sp³-hybridized carbons (Fsp3) is 0.833. The van der Waals surface area contributed by atoms with E-state index in [0.717, 1.165) is 19.3 Å². The van der Waals surface area contributed by atoms with E-state index >= 15 is 0 Å². The molecule has 0 aromatic carbocycles. The molecule has 3 rings (SSSR count). The van der Waals surface area contributed by atoms with Crippen LogP contribution in [0, 0.1) is 5.92 Å². The van der Waals surface area contributed by atoms with Crippen molar-refractivity contribution in [2.45, 2.75) is 37.6 Å². The van der Waals surface area contributed by atoms with Gasteiger partial charge >= 0.3 is 11.9 Å². The molecule has 0 spiro atoms. The van der Waals surface area contributed by atoms with E-state index in [-0.39, 0.29) is 37.2 Å². The molecule has 4 atom stereocenters. The molecule has 0 radical (unpaired) electrons. The molecule has 3 aliphatic rings. The second-order valence-electron chi connectivity index (χ2n) is 4.88. The molecular formula is C12H16O6. The molecule has 0 aromatic rings. The van der Waals surface area contributed by atoms with Crippen molar-refractivity contribution in [1.82, 2.24) is 0 Å². The van der Waals surface area contributed by atoms with Crippen LogP contribution in [0.1, 0.15) is 19.3 Å². The van der Waals surface area contributed by atoms with Crippen LogP contribution in [-0.4, -0.2) is 50.1 Å². The number of fused-ring (bicyclic) bond motifs is 1. The second-order valence-corrected chi connectivity index (χ2v) is 4.88. The molecule has 1 saturated carbocycles. The molecule has 1 aliphatic carbocycles. The highest BCUT2D eigenvalue weighted by Gasteiger charge is 2.46. The maximum absolute atomic E-state index is 11.7. The van der Waals surface area contributed by atoms with Gasteiger partial charge < -0.3 is 18.9 Å². The van der Waals surface area contributed by atoms with Gasteiger partial charge in [0.25, 0.3) is 0 Å². The standard InChI is InChI=1S/C12H16O6/c13-11(7-1-2-8-9(5-7)18-8)15-3-4-16-12(14)10-6-17-10/h7-10H,1-6H2. The molecule has 0 bridgehead atoms. The van der Waals surface area contributed by atoms with Crippen LogP contribution in [0.15, 0.2) is 0 Å². The molecular weight excluding hydrogens is 240 g/mol. The minimum atomic E-state index is -0.400. The number of esters is 2. The highest BCUT2D eigenvalue weighted by Crippen LogP contribution is 2.39. The summed E-state index contributed by atoms with van der Waals surface area (Å²) in [4.78, 5) is 22.8. The van der Waals surface area contributed by atoms with E-state index < -0.39 is 6.10 Å². The third-order valence-electron chi connectivity index (χ3n) is 3.51. The SMILES string of the molecule is O=C(OCCOC(=O)C1CO1)C1CCC2OC2C1. The first kappa shape index (κ1) is 11.9. The number of ether oxygens (including phenoxy) is 4.